The Kier molecular flexibility index (Phi) is 4.36. The summed E-state index contributed by atoms with van der Waals surface area (Å²) in [6.45, 7) is 3.54. The van der Waals surface area contributed by atoms with Gasteiger partial charge in [0.25, 0.3) is 0 Å². The first-order valence-corrected chi connectivity index (χ1v) is 4.81. The van der Waals surface area contributed by atoms with Crippen LogP contribution in [0.25, 0.3) is 0 Å². The number of allylic oxidation sites excluding steroid dienone is 2. The van der Waals surface area contributed by atoms with Crippen LogP contribution in [0.1, 0.15) is 20.8 Å². The molecule has 9 heteroatoms. The van der Waals surface area contributed by atoms with Crippen LogP contribution in [0.4, 0.5) is 30.7 Å². The molecule has 0 unspecified atom stereocenters. The highest BCUT2D eigenvalue weighted by Gasteiger charge is 2.75. The standard InChI is InChI=1S/C10H11F7O2/c1-7(2,3)5(18)4-6(19)8(11,12)9(13,14)10(15,16)17/h4,18H,1-3H3/p-1. The van der Waals surface area contributed by atoms with Crippen LogP contribution in [-0.4, -0.2) is 23.8 Å². The van der Waals surface area contributed by atoms with Gasteiger partial charge in [0.05, 0.1) is 0 Å². The van der Waals surface area contributed by atoms with E-state index in [0.717, 1.165) is 0 Å². The summed E-state index contributed by atoms with van der Waals surface area (Å²) in [7, 11) is 0. The van der Waals surface area contributed by atoms with E-state index in [2.05, 4.69) is 0 Å². The number of hydrogen-bond acceptors (Lipinski definition) is 2. The molecule has 0 radical (unpaired) electrons. The first-order valence-electron chi connectivity index (χ1n) is 4.81. The molecular weight excluding hydrogens is 285 g/mol. The van der Waals surface area contributed by atoms with Crippen molar-refractivity contribution in [2.45, 2.75) is 38.8 Å². The second-order valence-electron chi connectivity index (χ2n) is 4.77. The number of rotatable bonds is 3. The summed E-state index contributed by atoms with van der Waals surface area (Å²) in [6, 6.07) is 0. The number of carbonyl (C=O) groups excluding carboxylic acids is 1. The van der Waals surface area contributed by atoms with Crippen molar-refractivity contribution >= 4 is 5.78 Å². The van der Waals surface area contributed by atoms with Crippen molar-refractivity contribution in [3.05, 3.63) is 11.8 Å². The van der Waals surface area contributed by atoms with Gasteiger partial charge in [-0.15, -0.1) is 5.76 Å². The summed E-state index contributed by atoms with van der Waals surface area (Å²) in [5.74, 6) is -16.7. The molecule has 0 aliphatic heterocycles. The Morgan fingerprint density at radius 3 is 1.58 bits per heavy atom. The normalized spacial score (nSPS) is 15.6. The van der Waals surface area contributed by atoms with E-state index in [1.54, 1.807) is 0 Å². The molecule has 2 nitrogen and oxygen atoms in total. The van der Waals surface area contributed by atoms with Gasteiger partial charge in [-0.2, -0.15) is 30.7 Å². The second-order valence-corrected chi connectivity index (χ2v) is 4.77. The van der Waals surface area contributed by atoms with E-state index in [9.17, 15) is 40.6 Å². The maximum absolute atomic E-state index is 12.8. The van der Waals surface area contributed by atoms with Crippen LogP contribution < -0.4 is 5.11 Å². The third-order valence-corrected chi connectivity index (χ3v) is 2.06. The zero-order valence-corrected chi connectivity index (χ0v) is 10.0. The van der Waals surface area contributed by atoms with Crippen LogP contribution in [0.15, 0.2) is 11.8 Å². The lowest BCUT2D eigenvalue weighted by Gasteiger charge is -2.30. The van der Waals surface area contributed by atoms with E-state index in [1.165, 1.54) is 20.8 Å². The maximum Gasteiger partial charge on any atom is 0.460 e. The Labute approximate surface area is 103 Å². The molecule has 0 bridgehead atoms. The molecule has 0 rings (SSSR count). The molecule has 0 amide bonds. The lowest BCUT2D eigenvalue weighted by atomic mass is 9.92. The zero-order valence-electron chi connectivity index (χ0n) is 10.0. The Morgan fingerprint density at radius 2 is 1.32 bits per heavy atom. The average molecular weight is 295 g/mol. The summed E-state index contributed by atoms with van der Waals surface area (Å²) < 4.78 is 86.0. The predicted molar refractivity (Wildman–Crippen MR) is 48.5 cm³/mol. The molecule has 0 heterocycles. The summed E-state index contributed by atoms with van der Waals surface area (Å²) in [5, 5.41) is 11.2. The third kappa shape index (κ3) is 3.38. The van der Waals surface area contributed by atoms with Crippen molar-refractivity contribution in [2.24, 2.45) is 5.41 Å². The monoisotopic (exact) mass is 295 g/mol. The fourth-order valence-electron chi connectivity index (χ4n) is 0.759. The Hall–Kier alpha value is -1.28. The number of halogens is 7. The highest BCUT2D eigenvalue weighted by atomic mass is 19.4. The quantitative estimate of drug-likeness (QED) is 0.456. The highest BCUT2D eigenvalue weighted by Crippen LogP contribution is 2.47. The molecule has 0 aromatic carbocycles. The van der Waals surface area contributed by atoms with E-state index >= 15 is 0 Å². The minimum absolute atomic E-state index is 0.431. The number of hydrogen-bond donors (Lipinski definition) is 0. The minimum atomic E-state index is -6.61. The predicted octanol–water partition coefficient (Wildman–Crippen LogP) is 2.68. The number of ketones is 1. The van der Waals surface area contributed by atoms with Crippen molar-refractivity contribution in [3.63, 3.8) is 0 Å². The van der Waals surface area contributed by atoms with Crippen LogP contribution in [0, 0.1) is 5.41 Å². The largest absolute Gasteiger partial charge is 0.875 e. The molecule has 0 aromatic heterocycles. The van der Waals surface area contributed by atoms with Crippen molar-refractivity contribution < 1.29 is 40.6 Å². The van der Waals surface area contributed by atoms with Crippen LogP contribution in [0.3, 0.4) is 0 Å². The van der Waals surface area contributed by atoms with Crippen molar-refractivity contribution in [2.75, 3.05) is 0 Å². The highest BCUT2D eigenvalue weighted by molar-refractivity contribution is 5.97. The fourth-order valence-corrected chi connectivity index (χ4v) is 0.759. The van der Waals surface area contributed by atoms with Gasteiger partial charge in [-0.05, 0) is 11.5 Å². The topological polar surface area (TPSA) is 40.1 Å². The Balaban J connectivity index is 5.54. The molecular formula is C10H10F7O2-. The smallest absolute Gasteiger partial charge is 0.460 e. The summed E-state index contributed by atoms with van der Waals surface area (Å²) >= 11 is 0. The summed E-state index contributed by atoms with van der Waals surface area (Å²) in [6.07, 6.45) is -7.04. The van der Waals surface area contributed by atoms with E-state index in [0.29, 0.717) is 0 Å². The molecule has 0 fully saturated rings. The lowest BCUT2D eigenvalue weighted by molar-refractivity contribution is -0.343. The molecule has 0 atom stereocenters. The number of carbonyl (C=O) groups is 1. The Morgan fingerprint density at radius 1 is 0.947 bits per heavy atom. The van der Waals surface area contributed by atoms with Crippen molar-refractivity contribution in [1.82, 2.24) is 0 Å². The second kappa shape index (κ2) is 4.68. The minimum Gasteiger partial charge on any atom is -0.875 e. The van der Waals surface area contributed by atoms with Gasteiger partial charge in [0.2, 0.25) is 5.78 Å². The molecule has 19 heavy (non-hydrogen) atoms. The molecule has 0 aliphatic rings. The summed E-state index contributed by atoms with van der Waals surface area (Å²) in [4.78, 5) is 10.8. The van der Waals surface area contributed by atoms with Gasteiger partial charge >= 0.3 is 18.0 Å². The molecule has 0 spiro atoms. The van der Waals surface area contributed by atoms with Crippen LogP contribution in [0.5, 0.6) is 0 Å². The fraction of sp³-hybridized carbons (Fsp3) is 0.700. The van der Waals surface area contributed by atoms with Crippen LogP contribution >= 0.6 is 0 Å². The SMILES string of the molecule is CC(C)(C)C([O-])=CC(=O)C(F)(F)C(F)(F)C(F)(F)F. The molecule has 0 aliphatic carbocycles. The molecule has 0 aromatic rings. The van der Waals surface area contributed by atoms with Crippen molar-refractivity contribution in [3.8, 4) is 0 Å². The van der Waals surface area contributed by atoms with Gasteiger partial charge in [-0.3, -0.25) is 4.79 Å². The van der Waals surface area contributed by atoms with Crippen molar-refractivity contribution in [1.29, 1.82) is 0 Å². The Bertz CT molecular complexity index is 388. The van der Waals surface area contributed by atoms with Gasteiger partial charge < -0.3 is 5.11 Å². The molecule has 0 N–H and O–H groups in total. The van der Waals surface area contributed by atoms with E-state index in [4.69, 9.17) is 0 Å². The van der Waals surface area contributed by atoms with Gasteiger partial charge in [0, 0.05) is 0 Å². The van der Waals surface area contributed by atoms with E-state index in [1.807, 2.05) is 0 Å². The van der Waals surface area contributed by atoms with Gasteiger partial charge in [0.1, 0.15) is 0 Å². The zero-order chi connectivity index (χ0) is 15.9. The lowest BCUT2D eigenvalue weighted by Crippen LogP contribution is -2.55. The van der Waals surface area contributed by atoms with E-state index < -0.39 is 41.1 Å². The first-order chi connectivity index (χ1) is 8.05. The average Bonchev–Trinajstić information content (AvgIpc) is 2.13. The van der Waals surface area contributed by atoms with Crippen LogP contribution in [-0.2, 0) is 4.79 Å². The summed E-state index contributed by atoms with van der Waals surface area (Å²) in [5.41, 5.74) is -1.36. The van der Waals surface area contributed by atoms with Gasteiger partial charge in [-0.1, -0.05) is 20.8 Å². The molecule has 0 saturated heterocycles. The molecule has 112 valence electrons. The molecule has 0 saturated carbocycles. The third-order valence-electron chi connectivity index (χ3n) is 2.06. The van der Waals surface area contributed by atoms with Gasteiger partial charge in [0.15, 0.2) is 0 Å². The van der Waals surface area contributed by atoms with Gasteiger partial charge in [-0.25, -0.2) is 0 Å². The maximum atomic E-state index is 12.8. The number of alkyl halides is 7. The first kappa shape index (κ1) is 17.7. The van der Waals surface area contributed by atoms with E-state index in [-0.39, 0.29) is 0 Å². The van der Waals surface area contributed by atoms with Crippen LogP contribution in [0.2, 0.25) is 0 Å².